The van der Waals surface area contributed by atoms with Crippen molar-refractivity contribution in [2.24, 2.45) is 0 Å². The number of hydrogen-bond acceptors (Lipinski definition) is 5. The molecule has 1 rings (SSSR count). The molecule has 0 bridgehead atoms. The van der Waals surface area contributed by atoms with Gasteiger partial charge in [0.2, 0.25) is 10.0 Å². The summed E-state index contributed by atoms with van der Waals surface area (Å²) in [5, 5.41) is 11.8. The Morgan fingerprint density at radius 1 is 1.30 bits per heavy atom. The van der Waals surface area contributed by atoms with Gasteiger partial charge in [-0.2, -0.15) is 5.26 Å². The van der Waals surface area contributed by atoms with Crippen molar-refractivity contribution >= 4 is 10.0 Å². The Hall–Kier alpha value is -1.46. The molecule has 0 unspecified atom stereocenters. The molecule has 0 fully saturated rings. The average Bonchev–Trinajstić information content (AvgIpc) is 2.42. The van der Waals surface area contributed by atoms with Gasteiger partial charge in [0.1, 0.15) is 0 Å². The second-order valence-corrected chi connectivity index (χ2v) is 6.02. The van der Waals surface area contributed by atoms with E-state index in [0.717, 1.165) is 0 Å². The molecule has 0 radical (unpaired) electrons. The molecule has 7 heteroatoms. The van der Waals surface area contributed by atoms with E-state index in [1.54, 1.807) is 31.4 Å². The maximum absolute atomic E-state index is 11.8. The fourth-order valence-electron chi connectivity index (χ4n) is 1.60. The van der Waals surface area contributed by atoms with Crippen molar-refractivity contribution in [3.05, 3.63) is 35.4 Å². The number of hydrogen-bond donors (Lipinski definition) is 2. The van der Waals surface area contributed by atoms with Gasteiger partial charge in [0.05, 0.1) is 24.0 Å². The van der Waals surface area contributed by atoms with E-state index in [9.17, 15) is 8.42 Å². The van der Waals surface area contributed by atoms with Crippen molar-refractivity contribution in [3.63, 3.8) is 0 Å². The minimum absolute atomic E-state index is 0.124. The molecule has 0 amide bonds. The number of benzene rings is 1. The van der Waals surface area contributed by atoms with Crippen molar-refractivity contribution < 1.29 is 13.2 Å². The highest BCUT2D eigenvalue weighted by atomic mass is 32.2. The molecule has 0 aliphatic heterocycles. The number of ether oxygens (including phenoxy) is 1. The molecule has 1 aromatic rings. The van der Waals surface area contributed by atoms with E-state index in [-0.39, 0.29) is 5.75 Å². The van der Waals surface area contributed by atoms with Crippen molar-refractivity contribution in [2.75, 3.05) is 33.4 Å². The number of nitriles is 1. The second-order valence-electron chi connectivity index (χ2n) is 4.21. The van der Waals surface area contributed by atoms with Crippen molar-refractivity contribution in [1.82, 2.24) is 10.0 Å². The lowest BCUT2D eigenvalue weighted by Gasteiger charge is -2.08. The van der Waals surface area contributed by atoms with Crippen molar-refractivity contribution in [1.29, 1.82) is 5.26 Å². The number of nitrogens with zero attached hydrogens (tertiary/aromatic N) is 1. The third-order valence-corrected chi connectivity index (χ3v) is 3.88. The molecule has 20 heavy (non-hydrogen) atoms. The highest BCUT2D eigenvalue weighted by molar-refractivity contribution is 7.88. The van der Waals surface area contributed by atoms with E-state index in [4.69, 9.17) is 10.00 Å². The van der Waals surface area contributed by atoms with Crippen LogP contribution in [-0.4, -0.2) is 41.8 Å². The lowest BCUT2D eigenvalue weighted by Crippen LogP contribution is -2.33. The van der Waals surface area contributed by atoms with Crippen LogP contribution in [0, 0.1) is 11.3 Å². The standard InChI is InChI=1S/C13H19N3O3S/c1-19-8-7-15-5-6-16-20(17,18)11-13-4-2-3-12(9-13)10-14/h2-4,9,15-16H,5-8,11H2,1H3. The minimum atomic E-state index is -3.38. The summed E-state index contributed by atoms with van der Waals surface area (Å²) in [4.78, 5) is 0. The van der Waals surface area contributed by atoms with E-state index < -0.39 is 10.0 Å². The number of methoxy groups -OCH3 is 1. The van der Waals surface area contributed by atoms with Crippen molar-refractivity contribution in [2.45, 2.75) is 5.75 Å². The monoisotopic (exact) mass is 297 g/mol. The zero-order chi connectivity index (χ0) is 14.8. The third kappa shape index (κ3) is 6.63. The van der Waals surface area contributed by atoms with Gasteiger partial charge >= 0.3 is 0 Å². The SMILES string of the molecule is COCCNCCNS(=O)(=O)Cc1cccc(C#N)c1. The third-order valence-electron chi connectivity index (χ3n) is 2.52. The first-order valence-electron chi connectivity index (χ1n) is 6.23. The first-order valence-corrected chi connectivity index (χ1v) is 7.88. The Morgan fingerprint density at radius 3 is 2.80 bits per heavy atom. The second kappa shape index (κ2) is 8.66. The summed E-state index contributed by atoms with van der Waals surface area (Å²) in [6, 6.07) is 8.58. The Kier molecular flexibility index (Phi) is 7.18. The van der Waals surface area contributed by atoms with Crippen LogP contribution in [0.5, 0.6) is 0 Å². The van der Waals surface area contributed by atoms with Crippen LogP contribution < -0.4 is 10.0 Å². The molecule has 0 aliphatic rings. The highest BCUT2D eigenvalue weighted by Gasteiger charge is 2.10. The van der Waals surface area contributed by atoms with Gasteiger partial charge in [-0.25, -0.2) is 13.1 Å². The smallest absolute Gasteiger partial charge is 0.215 e. The van der Waals surface area contributed by atoms with Crippen molar-refractivity contribution in [3.8, 4) is 6.07 Å². The lowest BCUT2D eigenvalue weighted by molar-refractivity contribution is 0.199. The molecule has 1 aromatic carbocycles. The predicted molar refractivity (Wildman–Crippen MR) is 76.5 cm³/mol. The summed E-state index contributed by atoms with van der Waals surface area (Å²) in [6.45, 7) is 2.14. The van der Waals surface area contributed by atoms with Crippen LogP contribution in [0.4, 0.5) is 0 Å². The van der Waals surface area contributed by atoms with E-state index in [0.29, 0.717) is 37.4 Å². The first kappa shape index (κ1) is 16.6. The van der Waals surface area contributed by atoms with E-state index in [2.05, 4.69) is 10.0 Å². The molecule has 0 saturated heterocycles. The molecule has 2 N–H and O–H groups in total. The summed E-state index contributed by atoms with van der Waals surface area (Å²) >= 11 is 0. The number of nitrogens with one attached hydrogen (secondary N) is 2. The molecule has 0 spiro atoms. The zero-order valence-electron chi connectivity index (χ0n) is 11.4. The Morgan fingerprint density at radius 2 is 2.10 bits per heavy atom. The molecular formula is C13H19N3O3S. The van der Waals surface area contributed by atoms with Crippen LogP contribution in [0.15, 0.2) is 24.3 Å². The van der Waals surface area contributed by atoms with Crippen LogP contribution in [0.25, 0.3) is 0 Å². The quantitative estimate of drug-likeness (QED) is 0.636. The summed E-state index contributed by atoms with van der Waals surface area (Å²) in [5.74, 6) is -0.124. The molecular weight excluding hydrogens is 278 g/mol. The largest absolute Gasteiger partial charge is 0.383 e. The van der Waals surface area contributed by atoms with Crippen LogP contribution in [0.2, 0.25) is 0 Å². The van der Waals surface area contributed by atoms with Gasteiger partial charge in [0, 0.05) is 26.7 Å². The molecule has 0 heterocycles. The van der Waals surface area contributed by atoms with Gasteiger partial charge in [-0.1, -0.05) is 12.1 Å². The fraction of sp³-hybridized carbons (Fsp3) is 0.462. The van der Waals surface area contributed by atoms with Gasteiger partial charge in [-0.3, -0.25) is 0 Å². The van der Waals surface area contributed by atoms with Crippen LogP contribution >= 0.6 is 0 Å². The number of sulfonamides is 1. The van der Waals surface area contributed by atoms with Crippen LogP contribution in [0.1, 0.15) is 11.1 Å². The van der Waals surface area contributed by atoms with Gasteiger partial charge in [0.25, 0.3) is 0 Å². The molecule has 0 aliphatic carbocycles. The predicted octanol–water partition coefficient (Wildman–Crippen LogP) is 0.214. The molecule has 110 valence electrons. The van der Waals surface area contributed by atoms with Crippen LogP contribution in [0.3, 0.4) is 0 Å². The maximum atomic E-state index is 11.8. The molecule has 0 saturated carbocycles. The lowest BCUT2D eigenvalue weighted by atomic mass is 10.2. The van der Waals surface area contributed by atoms with E-state index in [1.165, 1.54) is 0 Å². The first-order chi connectivity index (χ1) is 9.57. The van der Waals surface area contributed by atoms with Gasteiger partial charge in [-0.05, 0) is 17.7 Å². The fourth-order valence-corrected chi connectivity index (χ4v) is 2.73. The summed E-state index contributed by atoms with van der Waals surface area (Å²) in [6.07, 6.45) is 0. The van der Waals surface area contributed by atoms with Gasteiger partial charge in [0.15, 0.2) is 0 Å². The van der Waals surface area contributed by atoms with Gasteiger partial charge in [-0.15, -0.1) is 0 Å². The summed E-state index contributed by atoms with van der Waals surface area (Å²) in [5.41, 5.74) is 1.06. The summed E-state index contributed by atoms with van der Waals surface area (Å²) < 4.78 is 31.1. The molecule has 0 aromatic heterocycles. The Labute approximate surface area is 119 Å². The molecule has 6 nitrogen and oxygen atoms in total. The Balaban J connectivity index is 2.39. The highest BCUT2D eigenvalue weighted by Crippen LogP contribution is 2.07. The number of rotatable bonds is 9. The molecule has 0 atom stereocenters. The normalized spacial score (nSPS) is 11.2. The maximum Gasteiger partial charge on any atom is 0.215 e. The zero-order valence-corrected chi connectivity index (χ0v) is 12.2. The summed E-state index contributed by atoms with van der Waals surface area (Å²) in [7, 11) is -1.77. The van der Waals surface area contributed by atoms with E-state index >= 15 is 0 Å². The van der Waals surface area contributed by atoms with E-state index in [1.807, 2.05) is 6.07 Å². The average molecular weight is 297 g/mol. The Bertz CT molecular complexity index is 552. The van der Waals surface area contributed by atoms with Crippen LogP contribution in [-0.2, 0) is 20.5 Å². The van der Waals surface area contributed by atoms with Gasteiger partial charge < -0.3 is 10.1 Å². The minimum Gasteiger partial charge on any atom is -0.383 e. The topological polar surface area (TPSA) is 91.2 Å².